The second kappa shape index (κ2) is 5.30. The number of carbonyl (C=O) groups excluding carboxylic acids is 1. The molecule has 4 nitrogen and oxygen atoms in total. The van der Waals surface area contributed by atoms with Gasteiger partial charge in [0.1, 0.15) is 5.69 Å². The number of nitrogens with two attached hydrogens (primary N) is 1. The molecule has 0 spiro atoms. The van der Waals surface area contributed by atoms with Crippen LogP contribution in [0.2, 0.25) is 0 Å². The van der Waals surface area contributed by atoms with E-state index >= 15 is 0 Å². The minimum atomic E-state index is -1.14. The minimum Gasteiger partial charge on any atom is -0.397 e. The number of hydrogen-bond acceptors (Lipinski definition) is 3. The molecule has 1 aliphatic rings. The zero-order valence-corrected chi connectivity index (χ0v) is 9.71. The molecule has 6 heteroatoms. The summed E-state index contributed by atoms with van der Waals surface area (Å²) in [7, 11) is 0. The standard InChI is InChI=1S/C12H14F2N2O2/c13-8-3-4-9(15)11(10(8)14)16-12(17)7-2-1-5-18-6-7/h3-4,7H,1-2,5-6,15H2,(H,16,17). The van der Waals surface area contributed by atoms with Crippen molar-refractivity contribution in [2.45, 2.75) is 12.8 Å². The summed E-state index contributed by atoms with van der Waals surface area (Å²) in [6.07, 6.45) is 1.45. The van der Waals surface area contributed by atoms with Crippen LogP contribution in [0.5, 0.6) is 0 Å². The van der Waals surface area contributed by atoms with Gasteiger partial charge in [-0.05, 0) is 25.0 Å². The predicted octanol–water partition coefficient (Wildman–Crippen LogP) is 1.91. The van der Waals surface area contributed by atoms with Crippen molar-refractivity contribution in [3.05, 3.63) is 23.8 Å². The van der Waals surface area contributed by atoms with Crippen LogP contribution in [0.4, 0.5) is 20.2 Å². The SMILES string of the molecule is Nc1ccc(F)c(F)c1NC(=O)C1CCCOC1. The Kier molecular flexibility index (Phi) is 3.76. The van der Waals surface area contributed by atoms with Crippen LogP contribution >= 0.6 is 0 Å². The summed E-state index contributed by atoms with van der Waals surface area (Å²) in [6.45, 7) is 0.920. The molecule has 1 unspecified atom stereocenters. The number of ether oxygens (including phenoxy) is 1. The molecule has 2 rings (SSSR count). The molecule has 0 bridgehead atoms. The van der Waals surface area contributed by atoms with E-state index in [4.69, 9.17) is 10.5 Å². The van der Waals surface area contributed by atoms with E-state index < -0.39 is 17.5 Å². The first-order valence-electron chi connectivity index (χ1n) is 5.71. The molecule has 0 aliphatic carbocycles. The highest BCUT2D eigenvalue weighted by Gasteiger charge is 2.24. The third kappa shape index (κ3) is 2.59. The fraction of sp³-hybridized carbons (Fsp3) is 0.417. The molecule has 1 heterocycles. The van der Waals surface area contributed by atoms with Crippen LogP contribution in [0.3, 0.4) is 0 Å². The lowest BCUT2D eigenvalue weighted by Crippen LogP contribution is -2.30. The molecule has 0 radical (unpaired) electrons. The van der Waals surface area contributed by atoms with Crippen molar-refractivity contribution < 1.29 is 18.3 Å². The van der Waals surface area contributed by atoms with Gasteiger partial charge in [0.15, 0.2) is 11.6 Å². The average Bonchev–Trinajstić information content (AvgIpc) is 2.40. The van der Waals surface area contributed by atoms with E-state index in [1.54, 1.807) is 0 Å². The van der Waals surface area contributed by atoms with Gasteiger partial charge >= 0.3 is 0 Å². The van der Waals surface area contributed by atoms with Crippen LogP contribution in [0, 0.1) is 17.6 Å². The molecular weight excluding hydrogens is 242 g/mol. The maximum atomic E-state index is 13.5. The number of nitrogen functional groups attached to an aromatic ring is 1. The Labute approximate surface area is 103 Å². The van der Waals surface area contributed by atoms with E-state index in [0.717, 1.165) is 12.5 Å². The first kappa shape index (κ1) is 12.8. The van der Waals surface area contributed by atoms with E-state index in [0.29, 0.717) is 19.6 Å². The van der Waals surface area contributed by atoms with Gasteiger partial charge in [0, 0.05) is 6.61 Å². The second-order valence-corrected chi connectivity index (χ2v) is 4.23. The Morgan fingerprint density at radius 1 is 1.44 bits per heavy atom. The Hall–Kier alpha value is -1.69. The van der Waals surface area contributed by atoms with Crippen LogP contribution in [-0.4, -0.2) is 19.1 Å². The molecule has 0 saturated carbocycles. The maximum absolute atomic E-state index is 13.5. The van der Waals surface area contributed by atoms with Crippen LogP contribution in [0.1, 0.15) is 12.8 Å². The number of amides is 1. The smallest absolute Gasteiger partial charge is 0.229 e. The Morgan fingerprint density at radius 3 is 2.89 bits per heavy atom. The summed E-state index contributed by atoms with van der Waals surface area (Å²) in [4.78, 5) is 11.8. The molecule has 0 aromatic heterocycles. The number of halogens is 2. The molecule has 1 amide bonds. The quantitative estimate of drug-likeness (QED) is 0.794. The lowest BCUT2D eigenvalue weighted by molar-refractivity contribution is -0.123. The zero-order valence-electron chi connectivity index (χ0n) is 9.71. The van der Waals surface area contributed by atoms with Crippen molar-refractivity contribution in [1.29, 1.82) is 0 Å². The van der Waals surface area contributed by atoms with Crippen LogP contribution in [-0.2, 0) is 9.53 Å². The van der Waals surface area contributed by atoms with Gasteiger partial charge in [-0.15, -0.1) is 0 Å². The minimum absolute atomic E-state index is 0.000946. The summed E-state index contributed by atoms with van der Waals surface area (Å²) >= 11 is 0. The molecule has 18 heavy (non-hydrogen) atoms. The lowest BCUT2D eigenvalue weighted by atomic mass is 10.0. The topological polar surface area (TPSA) is 64.3 Å². The first-order chi connectivity index (χ1) is 8.59. The van der Waals surface area contributed by atoms with E-state index in [2.05, 4.69) is 5.32 Å². The number of carbonyl (C=O) groups is 1. The highest BCUT2D eigenvalue weighted by atomic mass is 19.2. The molecule has 1 aliphatic heterocycles. The van der Waals surface area contributed by atoms with Crippen molar-refractivity contribution in [3.8, 4) is 0 Å². The van der Waals surface area contributed by atoms with E-state index in [1.807, 2.05) is 0 Å². The highest BCUT2D eigenvalue weighted by Crippen LogP contribution is 2.26. The van der Waals surface area contributed by atoms with Gasteiger partial charge < -0.3 is 15.8 Å². The van der Waals surface area contributed by atoms with Crippen molar-refractivity contribution in [3.63, 3.8) is 0 Å². The van der Waals surface area contributed by atoms with Crippen LogP contribution in [0.15, 0.2) is 12.1 Å². The summed E-state index contributed by atoms with van der Waals surface area (Å²) in [5.41, 5.74) is 5.21. The normalized spacial score (nSPS) is 19.6. The molecule has 1 aromatic rings. The van der Waals surface area contributed by atoms with Gasteiger partial charge in [0.25, 0.3) is 0 Å². The molecule has 1 atom stereocenters. The Balaban J connectivity index is 2.13. The second-order valence-electron chi connectivity index (χ2n) is 4.23. The van der Waals surface area contributed by atoms with Gasteiger partial charge in [0.05, 0.1) is 18.2 Å². The third-order valence-electron chi connectivity index (χ3n) is 2.91. The number of rotatable bonds is 2. The van der Waals surface area contributed by atoms with Crippen molar-refractivity contribution in [1.82, 2.24) is 0 Å². The number of hydrogen-bond donors (Lipinski definition) is 2. The number of benzene rings is 1. The van der Waals surface area contributed by atoms with Gasteiger partial charge in [-0.2, -0.15) is 0 Å². The van der Waals surface area contributed by atoms with E-state index in [-0.39, 0.29) is 17.3 Å². The predicted molar refractivity (Wildman–Crippen MR) is 62.9 cm³/mol. The Morgan fingerprint density at radius 2 is 2.22 bits per heavy atom. The molecule has 1 fully saturated rings. The number of anilines is 2. The van der Waals surface area contributed by atoms with Gasteiger partial charge in [-0.3, -0.25) is 4.79 Å². The molecular formula is C12H14F2N2O2. The number of nitrogens with one attached hydrogen (secondary N) is 1. The lowest BCUT2D eigenvalue weighted by Gasteiger charge is -2.21. The summed E-state index contributed by atoms with van der Waals surface area (Å²) < 4.78 is 31.7. The average molecular weight is 256 g/mol. The van der Waals surface area contributed by atoms with Crippen molar-refractivity contribution >= 4 is 17.3 Å². The van der Waals surface area contributed by atoms with Gasteiger partial charge in [-0.25, -0.2) is 8.78 Å². The molecule has 98 valence electrons. The Bertz CT molecular complexity index is 460. The van der Waals surface area contributed by atoms with Crippen molar-refractivity contribution in [2.24, 2.45) is 5.92 Å². The zero-order chi connectivity index (χ0) is 13.1. The largest absolute Gasteiger partial charge is 0.397 e. The fourth-order valence-electron chi connectivity index (χ4n) is 1.87. The fourth-order valence-corrected chi connectivity index (χ4v) is 1.87. The highest BCUT2D eigenvalue weighted by molar-refractivity contribution is 5.95. The van der Waals surface area contributed by atoms with Crippen molar-refractivity contribution in [2.75, 3.05) is 24.3 Å². The van der Waals surface area contributed by atoms with E-state index in [9.17, 15) is 13.6 Å². The summed E-state index contributed by atoms with van der Waals surface area (Å²) in [5.74, 6) is -2.92. The maximum Gasteiger partial charge on any atom is 0.229 e. The summed E-state index contributed by atoms with van der Waals surface area (Å²) in [5, 5.41) is 2.33. The van der Waals surface area contributed by atoms with E-state index in [1.165, 1.54) is 6.07 Å². The first-order valence-corrected chi connectivity index (χ1v) is 5.71. The molecule has 3 N–H and O–H groups in total. The van der Waals surface area contributed by atoms with Gasteiger partial charge in [0.2, 0.25) is 5.91 Å². The monoisotopic (exact) mass is 256 g/mol. The summed E-state index contributed by atoms with van der Waals surface area (Å²) in [6, 6.07) is 2.13. The third-order valence-corrected chi connectivity index (χ3v) is 2.91. The van der Waals surface area contributed by atoms with Gasteiger partial charge in [-0.1, -0.05) is 0 Å². The molecule has 1 saturated heterocycles. The van der Waals surface area contributed by atoms with Crippen LogP contribution < -0.4 is 11.1 Å². The molecule has 1 aromatic carbocycles. The van der Waals surface area contributed by atoms with Crippen LogP contribution in [0.25, 0.3) is 0 Å².